The Morgan fingerprint density at radius 1 is 1.24 bits per heavy atom. The van der Waals surface area contributed by atoms with Crippen molar-refractivity contribution in [1.29, 1.82) is 0 Å². The lowest BCUT2D eigenvalue weighted by atomic mass is 10.0. The van der Waals surface area contributed by atoms with Crippen molar-refractivity contribution in [1.82, 2.24) is 15.3 Å². The summed E-state index contributed by atoms with van der Waals surface area (Å²) in [6.07, 6.45) is 6.66. The van der Waals surface area contributed by atoms with E-state index >= 15 is 0 Å². The number of imidazole rings is 1. The molecule has 0 radical (unpaired) electrons. The molecular formula is C17H23N3O. The van der Waals surface area contributed by atoms with Gasteiger partial charge in [-0.05, 0) is 55.6 Å². The number of nitrogens with one attached hydrogen (secondary N) is 2. The minimum absolute atomic E-state index is 0.375. The molecular weight excluding hydrogens is 262 g/mol. The molecule has 2 aromatic rings. The average Bonchev–Trinajstić information content (AvgIpc) is 3.04. The molecule has 2 heterocycles. The number of aromatic amines is 1. The van der Waals surface area contributed by atoms with Gasteiger partial charge in [-0.1, -0.05) is 13.3 Å². The van der Waals surface area contributed by atoms with Crippen molar-refractivity contribution in [2.24, 2.45) is 0 Å². The van der Waals surface area contributed by atoms with Crippen LogP contribution in [0.4, 0.5) is 0 Å². The van der Waals surface area contributed by atoms with Crippen LogP contribution in [-0.2, 0) is 0 Å². The quantitative estimate of drug-likeness (QED) is 0.881. The van der Waals surface area contributed by atoms with E-state index in [0.29, 0.717) is 6.04 Å². The van der Waals surface area contributed by atoms with Crippen molar-refractivity contribution in [3.63, 3.8) is 0 Å². The van der Waals surface area contributed by atoms with E-state index in [2.05, 4.69) is 34.3 Å². The molecule has 4 heteroatoms. The Balaban J connectivity index is 1.70. The maximum atomic E-state index is 5.61. The van der Waals surface area contributed by atoms with Crippen LogP contribution in [0.1, 0.15) is 44.5 Å². The minimum atomic E-state index is 0.375. The van der Waals surface area contributed by atoms with E-state index < -0.39 is 0 Å². The second-order valence-electron chi connectivity index (χ2n) is 5.56. The summed E-state index contributed by atoms with van der Waals surface area (Å²) in [6, 6.07) is 8.57. The zero-order chi connectivity index (χ0) is 14.5. The van der Waals surface area contributed by atoms with Crippen molar-refractivity contribution >= 4 is 0 Å². The summed E-state index contributed by atoms with van der Waals surface area (Å²) < 4.78 is 5.61. The second-order valence-corrected chi connectivity index (χ2v) is 5.56. The third-order valence-corrected chi connectivity index (χ3v) is 3.87. The molecule has 1 saturated heterocycles. The summed E-state index contributed by atoms with van der Waals surface area (Å²) in [5.74, 6) is 1.98. The fraction of sp³-hybridized carbons (Fsp3) is 0.471. The number of benzene rings is 1. The monoisotopic (exact) mass is 285 g/mol. The lowest BCUT2D eigenvalue weighted by Gasteiger charge is -2.21. The van der Waals surface area contributed by atoms with Crippen molar-refractivity contribution in [3.8, 4) is 17.0 Å². The Bertz CT molecular complexity index is 556. The summed E-state index contributed by atoms with van der Waals surface area (Å²) in [4.78, 5) is 7.99. The largest absolute Gasteiger partial charge is 0.494 e. The van der Waals surface area contributed by atoms with Crippen LogP contribution in [0, 0.1) is 0 Å². The molecule has 3 rings (SSSR count). The van der Waals surface area contributed by atoms with Crippen LogP contribution < -0.4 is 10.1 Å². The maximum absolute atomic E-state index is 5.61. The molecule has 0 amide bonds. The molecule has 1 aliphatic rings. The van der Waals surface area contributed by atoms with Gasteiger partial charge < -0.3 is 15.0 Å². The predicted octanol–water partition coefficient (Wildman–Crippen LogP) is 3.68. The normalized spacial score (nSPS) is 18.6. The molecule has 0 spiro atoms. The lowest BCUT2D eigenvalue weighted by Crippen LogP contribution is -2.27. The van der Waals surface area contributed by atoms with Crippen molar-refractivity contribution < 1.29 is 4.74 Å². The number of nitrogens with zero attached hydrogens (tertiary/aromatic N) is 1. The van der Waals surface area contributed by atoms with Crippen LogP contribution in [-0.4, -0.2) is 23.1 Å². The molecule has 1 aliphatic heterocycles. The number of hydrogen-bond acceptors (Lipinski definition) is 3. The van der Waals surface area contributed by atoms with Crippen molar-refractivity contribution in [2.45, 2.75) is 38.6 Å². The third kappa shape index (κ3) is 3.45. The molecule has 4 nitrogen and oxygen atoms in total. The van der Waals surface area contributed by atoms with Gasteiger partial charge in [-0.25, -0.2) is 4.98 Å². The van der Waals surface area contributed by atoms with Gasteiger partial charge in [0.05, 0.1) is 24.5 Å². The van der Waals surface area contributed by atoms with Crippen molar-refractivity contribution in [3.05, 3.63) is 36.3 Å². The topological polar surface area (TPSA) is 49.9 Å². The van der Waals surface area contributed by atoms with Crippen LogP contribution in [0.2, 0.25) is 0 Å². The number of H-pyrrole nitrogens is 1. The Kier molecular flexibility index (Phi) is 4.55. The fourth-order valence-corrected chi connectivity index (χ4v) is 2.70. The molecule has 1 atom stereocenters. The van der Waals surface area contributed by atoms with Crippen molar-refractivity contribution in [2.75, 3.05) is 13.2 Å². The molecule has 1 unspecified atom stereocenters. The van der Waals surface area contributed by atoms with E-state index in [1.165, 1.54) is 12.8 Å². The van der Waals surface area contributed by atoms with Crippen LogP contribution in [0.3, 0.4) is 0 Å². The first-order valence-electron chi connectivity index (χ1n) is 7.88. The Labute approximate surface area is 125 Å². The summed E-state index contributed by atoms with van der Waals surface area (Å²) in [5, 5.41) is 3.52. The fourth-order valence-electron chi connectivity index (χ4n) is 2.70. The molecule has 0 aliphatic carbocycles. The summed E-state index contributed by atoms with van der Waals surface area (Å²) in [5.41, 5.74) is 2.22. The Morgan fingerprint density at radius 2 is 2.10 bits per heavy atom. The van der Waals surface area contributed by atoms with Gasteiger partial charge in [0.2, 0.25) is 0 Å². The predicted molar refractivity (Wildman–Crippen MR) is 84.4 cm³/mol. The molecule has 0 bridgehead atoms. The van der Waals surface area contributed by atoms with Crippen LogP contribution in [0.5, 0.6) is 5.75 Å². The Morgan fingerprint density at radius 3 is 2.81 bits per heavy atom. The Hall–Kier alpha value is -1.81. The van der Waals surface area contributed by atoms with E-state index in [0.717, 1.165) is 48.8 Å². The molecule has 112 valence electrons. The van der Waals surface area contributed by atoms with Gasteiger partial charge >= 0.3 is 0 Å². The highest BCUT2D eigenvalue weighted by Gasteiger charge is 2.17. The van der Waals surface area contributed by atoms with Gasteiger partial charge in [-0.2, -0.15) is 0 Å². The highest BCUT2D eigenvalue weighted by molar-refractivity contribution is 5.59. The molecule has 0 saturated carbocycles. The number of aromatic nitrogens is 2. The molecule has 1 aromatic heterocycles. The summed E-state index contributed by atoms with van der Waals surface area (Å²) in [7, 11) is 0. The number of hydrogen-bond donors (Lipinski definition) is 2. The SMILES string of the molecule is CCCOc1ccc(-c2cnc(C3CCCCN3)[nH]2)cc1. The molecule has 1 fully saturated rings. The maximum Gasteiger partial charge on any atom is 0.123 e. The first kappa shape index (κ1) is 14.1. The lowest BCUT2D eigenvalue weighted by molar-refractivity contribution is 0.317. The molecule has 2 N–H and O–H groups in total. The van der Waals surface area contributed by atoms with Gasteiger partial charge in [0, 0.05) is 0 Å². The van der Waals surface area contributed by atoms with Gasteiger partial charge in [0.15, 0.2) is 0 Å². The van der Waals surface area contributed by atoms with Gasteiger partial charge in [-0.3, -0.25) is 0 Å². The van der Waals surface area contributed by atoms with Gasteiger partial charge in [0.1, 0.15) is 11.6 Å². The zero-order valence-electron chi connectivity index (χ0n) is 12.6. The van der Waals surface area contributed by atoms with Gasteiger partial charge in [-0.15, -0.1) is 0 Å². The van der Waals surface area contributed by atoms with E-state index in [-0.39, 0.29) is 0 Å². The highest BCUT2D eigenvalue weighted by atomic mass is 16.5. The van der Waals surface area contributed by atoms with E-state index in [9.17, 15) is 0 Å². The first-order valence-corrected chi connectivity index (χ1v) is 7.88. The van der Waals surface area contributed by atoms with E-state index in [4.69, 9.17) is 4.74 Å². The number of ether oxygens (including phenoxy) is 1. The molecule has 21 heavy (non-hydrogen) atoms. The zero-order valence-corrected chi connectivity index (χ0v) is 12.6. The number of piperidine rings is 1. The molecule has 1 aromatic carbocycles. The van der Waals surface area contributed by atoms with Crippen LogP contribution >= 0.6 is 0 Å². The first-order chi connectivity index (χ1) is 10.4. The third-order valence-electron chi connectivity index (χ3n) is 3.87. The summed E-state index contributed by atoms with van der Waals surface area (Å²) >= 11 is 0. The van der Waals surface area contributed by atoms with E-state index in [1.54, 1.807) is 0 Å². The smallest absolute Gasteiger partial charge is 0.123 e. The highest BCUT2D eigenvalue weighted by Crippen LogP contribution is 2.25. The second kappa shape index (κ2) is 6.76. The van der Waals surface area contributed by atoms with Crippen LogP contribution in [0.25, 0.3) is 11.3 Å². The average molecular weight is 285 g/mol. The van der Waals surface area contributed by atoms with Crippen LogP contribution in [0.15, 0.2) is 30.5 Å². The van der Waals surface area contributed by atoms with Gasteiger partial charge in [0.25, 0.3) is 0 Å². The summed E-state index contributed by atoms with van der Waals surface area (Å²) in [6.45, 7) is 3.96. The minimum Gasteiger partial charge on any atom is -0.494 e. The number of rotatable bonds is 5. The standard InChI is InChI=1S/C17H23N3O/c1-2-11-21-14-8-6-13(7-9-14)16-12-19-17(20-16)15-5-3-4-10-18-15/h6-9,12,15,18H,2-5,10-11H2,1H3,(H,19,20). The van der Waals surface area contributed by atoms with E-state index in [1.807, 2.05) is 18.3 Å².